The molecule has 0 unspecified atom stereocenters. The number of hydrogen-bond acceptors (Lipinski definition) is 4. The first kappa shape index (κ1) is 14.5. The Kier molecular flexibility index (Phi) is 4.34. The molecule has 0 spiro atoms. The van der Waals surface area contributed by atoms with Gasteiger partial charge in [0.2, 0.25) is 0 Å². The van der Waals surface area contributed by atoms with Crippen LogP contribution in [-0.4, -0.2) is 5.91 Å². The number of anilines is 3. The fourth-order valence-electron chi connectivity index (χ4n) is 1.61. The van der Waals surface area contributed by atoms with Crippen molar-refractivity contribution in [2.75, 3.05) is 16.5 Å². The highest BCUT2D eigenvalue weighted by Gasteiger charge is 2.09. The average Bonchev–Trinajstić information content (AvgIpc) is 2.42. The van der Waals surface area contributed by atoms with E-state index in [4.69, 9.17) is 34.8 Å². The van der Waals surface area contributed by atoms with Crippen LogP contribution in [0.1, 0.15) is 10.4 Å². The summed E-state index contributed by atoms with van der Waals surface area (Å²) in [5.74, 6) is 4.97. The Labute approximate surface area is 125 Å². The van der Waals surface area contributed by atoms with Crippen molar-refractivity contribution in [1.82, 2.24) is 0 Å². The molecule has 1 amide bonds. The Bertz CT molecular complexity index is 661. The summed E-state index contributed by atoms with van der Waals surface area (Å²) < 4.78 is 0. The van der Waals surface area contributed by atoms with E-state index in [1.54, 1.807) is 30.3 Å². The minimum atomic E-state index is -0.307. The lowest BCUT2D eigenvalue weighted by atomic mass is 10.1. The van der Waals surface area contributed by atoms with Crippen molar-refractivity contribution in [3.05, 3.63) is 52.0 Å². The van der Waals surface area contributed by atoms with E-state index in [1.807, 2.05) is 0 Å². The molecule has 0 aliphatic rings. The molecule has 0 aliphatic heterocycles. The number of hydrazine groups is 1. The van der Waals surface area contributed by atoms with Gasteiger partial charge in [0.15, 0.2) is 0 Å². The monoisotopic (exact) mass is 310 g/mol. The van der Waals surface area contributed by atoms with Crippen LogP contribution in [0, 0.1) is 0 Å². The lowest BCUT2D eigenvalue weighted by molar-refractivity contribution is 0.102. The van der Waals surface area contributed by atoms with Crippen LogP contribution in [-0.2, 0) is 0 Å². The second-order valence-corrected chi connectivity index (χ2v) is 4.84. The molecule has 0 aliphatic carbocycles. The molecule has 20 heavy (non-hydrogen) atoms. The second kappa shape index (κ2) is 6.00. The SMILES string of the molecule is NNc1ccc(C(=O)Nc2ccc(Cl)c(Cl)c2)cc1N. The Hall–Kier alpha value is -1.95. The third kappa shape index (κ3) is 3.14. The number of nitrogen functional groups attached to an aromatic ring is 2. The summed E-state index contributed by atoms with van der Waals surface area (Å²) in [6, 6.07) is 9.60. The highest BCUT2D eigenvalue weighted by atomic mass is 35.5. The van der Waals surface area contributed by atoms with E-state index in [2.05, 4.69) is 10.7 Å². The van der Waals surface area contributed by atoms with E-state index >= 15 is 0 Å². The number of nitrogens with one attached hydrogen (secondary N) is 2. The summed E-state index contributed by atoms with van der Waals surface area (Å²) in [6.45, 7) is 0. The number of carbonyl (C=O) groups is 1. The first-order chi connectivity index (χ1) is 9.51. The number of amides is 1. The lowest BCUT2D eigenvalue weighted by Gasteiger charge is -2.09. The van der Waals surface area contributed by atoms with Gasteiger partial charge in [-0.2, -0.15) is 0 Å². The molecule has 0 radical (unpaired) electrons. The predicted molar refractivity (Wildman–Crippen MR) is 83.1 cm³/mol. The van der Waals surface area contributed by atoms with Crippen LogP contribution < -0.4 is 22.3 Å². The van der Waals surface area contributed by atoms with Crippen molar-refractivity contribution in [2.24, 2.45) is 5.84 Å². The van der Waals surface area contributed by atoms with Gasteiger partial charge in [0.05, 0.1) is 21.4 Å². The minimum absolute atomic E-state index is 0.307. The molecule has 104 valence electrons. The average molecular weight is 311 g/mol. The molecule has 0 bridgehead atoms. The molecule has 5 nitrogen and oxygen atoms in total. The highest BCUT2D eigenvalue weighted by molar-refractivity contribution is 6.42. The summed E-state index contributed by atoms with van der Waals surface area (Å²) in [5.41, 5.74) is 10.1. The normalized spacial score (nSPS) is 10.2. The Balaban J connectivity index is 2.19. The zero-order chi connectivity index (χ0) is 14.7. The Morgan fingerprint density at radius 2 is 1.80 bits per heavy atom. The number of hydrogen-bond donors (Lipinski definition) is 4. The predicted octanol–water partition coefficient (Wildman–Crippen LogP) is 3.11. The van der Waals surface area contributed by atoms with Gasteiger partial charge < -0.3 is 16.5 Å². The largest absolute Gasteiger partial charge is 0.397 e. The maximum Gasteiger partial charge on any atom is 0.255 e. The van der Waals surface area contributed by atoms with E-state index in [0.29, 0.717) is 32.7 Å². The van der Waals surface area contributed by atoms with Gasteiger partial charge in [-0.05, 0) is 36.4 Å². The first-order valence-electron chi connectivity index (χ1n) is 5.64. The van der Waals surface area contributed by atoms with E-state index in [9.17, 15) is 4.79 Å². The molecular weight excluding hydrogens is 299 g/mol. The molecule has 0 aromatic heterocycles. The van der Waals surface area contributed by atoms with Gasteiger partial charge in [-0.15, -0.1) is 0 Å². The Morgan fingerprint density at radius 1 is 1.05 bits per heavy atom. The van der Waals surface area contributed by atoms with Crippen molar-refractivity contribution in [2.45, 2.75) is 0 Å². The maximum absolute atomic E-state index is 12.1. The standard InChI is InChI=1S/C13H12Cl2N4O/c14-9-3-2-8(6-10(9)15)18-13(20)7-1-4-12(19-17)11(16)5-7/h1-6,19H,16-17H2,(H,18,20). The summed E-state index contributed by atoms with van der Waals surface area (Å²) in [5, 5.41) is 3.49. The van der Waals surface area contributed by atoms with E-state index in [-0.39, 0.29) is 5.91 Å². The zero-order valence-electron chi connectivity index (χ0n) is 10.3. The van der Waals surface area contributed by atoms with Crippen molar-refractivity contribution in [1.29, 1.82) is 0 Å². The molecule has 0 saturated carbocycles. The topological polar surface area (TPSA) is 93.2 Å². The quantitative estimate of drug-likeness (QED) is 0.398. The van der Waals surface area contributed by atoms with Crippen LogP contribution >= 0.6 is 23.2 Å². The van der Waals surface area contributed by atoms with Crippen LogP contribution in [0.5, 0.6) is 0 Å². The first-order valence-corrected chi connectivity index (χ1v) is 6.39. The number of halogens is 2. The van der Waals surface area contributed by atoms with Crippen molar-refractivity contribution >= 4 is 46.2 Å². The molecule has 7 heteroatoms. The third-order valence-electron chi connectivity index (χ3n) is 2.65. The minimum Gasteiger partial charge on any atom is -0.397 e. The molecule has 2 aromatic carbocycles. The van der Waals surface area contributed by atoms with E-state index in [1.165, 1.54) is 6.07 Å². The number of carbonyl (C=O) groups excluding carboxylic acids is 1. The van der Waals surface area contributed by atoms with Crippen molar-refractivity contribution < 1.29 is 4.79 Å². The van der Waals surface area contributed by atoms with Gasteiger partial charge >= 0.3 is 0 Å². The fraction of sp³-hybridized carbons (Fsp3) is 0. The van der Waals surface area contributed by atoms with Gasteiger partial charge in [0, 0.05) is 11.3 Å². The molecule has 2 rings (SSSR count). The number of rotatable bonds is 3. The van der Waals surface area contributed by atoms with Crippen LogP contribution in [0.25, 0.3) is 0 Å². The van der Waals surface area contributed by atoms with Crippen LogP contribution in [0.4, 0.5) is 17.1 Å². The second-order valence-electron chi connectivity index (χ2n) is 4.03. The molecule has 6 N–H and O–H groups in total. The molecule has 0 atom stereocenters. The zero-order valence-corrected chi connectivity index (χ0v) is 11.8. The van der Waals surface area contributed by atoms with Gasteiger partial charge in [-0.1, -0.05) is 23.2 Å². The molecule has 0 heterocycles. The van der Waals surface area contributed by atoms with Gasteiger partial charge in [-0.3, -0.25) is 10.6 Å². The summed E-state index contributed by atoms with van der Waals surface area (Å²) in [6.07, 6.45) is 0. The van der Waals surface area contributed by atoms with Crippen molar-refractivity contribution in [3.8, 4) is 0 Å². The lowest BCUT2D eigenvalue weighted by Crippen LogP contribution is -2.14. The van der Waals surface area contributed by atoms with Gasteiger partial charge in [0.25, 0.3) is 5.91 Å². The van der Waals surface area contributed by atoms with E-state index in [0.717, 1.165) is 0 Å². The van der Waals surface area contributed by atoms with Crippen LogP contribution in [0.3, 0.4) is 0 Å². The maximum atomic E-state index is 12.1. The van der Waals surface area contributed by atoms with Gasteiger partial charge in [-0.25, -0.2) is 0 Å². The van der Waals surface area contributed by atoms with Crippen LogP contribution in [0.2, 0.25) is 10.0 Å². The highest BCUT2D eigenvalue weighted by Crippen LogP contribution is 2.25. The van der Waals surface area contributed by atoms with E-state index < -0.39 is 0 Å². The number of benzene rings is 2. The fourth-order valence-corrected chi connectivity index (χ4v) is 1.91. The summed E-state index contributed by atoms with van der Waals surface area (Å²) in [4.78, 5) is 12.1. The summed E-state index contributed by atoms with van der Waals surface area (Å²) in [7, 11) is 0. The molecule has 2 aromatic rings. The number of nitrogens with two attached hydrogens (primary N) is 2. The molecule has 0 saturated heterocycles. The molecular formula is C13H12Cl2N4O. The Morgan fingerprint density at radius 3 is 2.40 bits per heavy atom. The third-order valence-corrected chi connectivity index (χ3v) is 3.39. The summed E-state index contributed by atoms with van der Waals surface area (Å²) >= 11 is 11.7. The smallest absolute Gasteiger partial charge is 0.255 e. The molecule has 0 fully saturated rings. The van der Waals surface area contributed by atoms with Crippen LogP contribution in [0.15, 0.2) is 36.4 Å². The van der Waals surface area contributed by atoms with Crippen molar-refractivity contribution in [3.63, 3.8) is 0 Å². The van der Waals surface area contributed by atoms with Gasteiger partial charge in [0.1, 0.15) is 0 Å².